The zero-order valence-electron chi connectivity index (χ0n) is 8.88. The molecule has 1 aliphatic rings. The predicted octanol–water partition coefficient (Wildman–Crippen LogP) is 0.723. The van der Waals surface area contributed by atoms with Crippen molar-refractivity contribution in [3.8, 4) is 0 Å². The van der Waals surface area contributed by atoms with Crippen LogP contribution in [0, 0.1) is 0 Å². The van der Waals surface area contributed by atoms with Gasteiger partial charge in [0.2, 0.25) is 5.91 Å². The van der Waals surface area contributed by atoms with E-state index >= 15 is 0 Å². The fourth-order valence-electron chi connectivity index (χ4n) is 1.43. The highest BCUT2D eigenvalue weighted by atomic mass is 32.2. The first-order valence-corrected chi connectivity index (χ1v) is 7.01. The van der Waals surface area contributed by atoms with E-state index in [9.17, 15) is 14.7 Å². The number of thiophene rings is 1. The summed E-state index contributed by atoms with van der Waals surface area (Å²) < 4.78 is 0. The quantitative estimate of drug-likeness (QED) is 0.755. The Morgan fingerprint density at radius 1 is 1.71 bits per heavy atom. The second kappa shape index (κ2) is 5.52. The van der Waals surface area contributed by atoms with Gasteiger partial charge in [-0.3, -0.25) is 9.59 Å². The zero-order valence-corrected chi connectivity index (χ0v) is 10.5. The lowest BCUT2D eigenvalue weighted by Crippen LogP contribution is -2.44. The Morgan fingerprint density at radius 3 is 3.12 bits per heavy atom. The molecule has 2 amide bonds. The van der Waals surface area contributed by atoms with Crippen molar-refractivity contribution in [2.45, 2.75) is 12.1 Å². The van der Waals surface area contributed by atoms with Crippen molar-refractivity contribution in [2.24, 2.45) is 0 Å². The van der Waals surface area contributed by atoms with Gasteiger partial charge in [-0.05, 0) is 22.4 Å². The van der Waals surface area contributed by atoms with E-state index < -0.39 is 12.1 Å². The zero-order chi connectivity index (χ0) is 12.3. The molecule has 0 bridgehead atoms. The van der Waals surface area contributed by atoms with Gasteiger partial charge < -0.3 is 15.7 Å². The van der Waals surface area contributed by atoms with Crippen LogP contribution in [0.1, 0.15) is 11.7 Å². The third-order valence-corrected chi connectivity index (χ3v) is 3.97. The van der Waals surface area contributed by atoms with Gasteiger partial charge in [-0.15, -0.1) is 0 Å². The number of rotatable bonds is 4. The number of aliphatic hydroxyl groups excluding tert-OH is 1. The molecule has 1 fully saturated rings. The molecule has 0 aliphatic carbocycles. The summed E-state index contributed by atoms with van der Waals surface area (Å²) in [4.78, 5) is 22.5. The van der Waals surface area contributed by atoms with Crippen LogP contribution in [0.15, 0.2) is 16.8 Å². The lowest BCUT2D eigenvalue weighted by atomic mass is 10.2. The molecule has 0 aromatic carbocycles. The minimum Gasteiger partial charge on any atom is -0.387 e. The van der Waals surface area contributed by atoms with E-state index in [2.05, 4.69) is 10.6 Å². The molecule has 1 aromatic heterocycles. The minimum atomic E-state index is -0.699. The van der Waals surface area contributed by atoms with Gasteiger partial charge in [0, 0.05) is 12.3 Å². The number of nitrogens with one attached hydrogen (secondary N) is 2. The molecule has 2 heterocycles. The van der Waals surface area contributed by atoms with Crippen molar-refractivity contribution < 1.29 is 14.7 Å². The molecule has 1 saturated heterocycles. The van der Waals surface area contributed by atoms with Crippen LogP contribution in [-0.4, -0.2) is 34.6 Å². The van der Waals surface area contributed by atoms with E-state index in [0.717, 1.165) is 17.3 Å². The Balaban J connectivity index is 1.78. The van der Waals surface area contributed by atoms with Crippen molar-refractivity contribution in [1.82, 2.24) is 10.6 Å². The first-order valence-electron chi connectivity index (χ1n) is 5.08. The number of thioether (sulfide) groups is 1. The van der Waals surface area contributed by atoms with Gasteiger partial charge in [0.1, 0.15) is 6.04 Å². The summed E-state index contributed by atoms with van der Waals surface area (Å²) in [5.74, 6) is 0.191. The molecule has 2 rings (SSSR count). The van der Waals surface area contributed by atoms with Crippen molar-refractivity contribution >= 4 is 34.2 Å². The highest BCUT2D eigenvalue weighted by molar-refractivity contribution is 8.14. The van der Waals surface area contributed by atoms with E-state index in [-0.39, 0.29) is 17.7 Å². The summed E-state index contributed by atoms with van der Waals surface area (Å²) in [6.45, 7) is 0.159. The molecule has 2 unspecified atom stereocenters. The molecular weight excluding hydrogens is 260 g/mol. The molecule has 1 aliphatic heterocycles. The van der Waals surface area contributed by atoms with Gasteiger partial charge in [0.25, 0.3) is 5.24 Å². The standard InChI is InChI=1S/C10H12N2O3S2/c13-8(6-1-2-16-4-6)3-11-9(14)7-5-17-10(15)12-7/h1-2,4,7-8,13H,3,5H2,(H,11,14)(H,12,15). The van der Waals surface area contributed by atoms with Crippen LogP contribution in [0.3, 0.4) is 0 Å². The van der Waals surface area contributed by atoms with E-state index in [0.29, 0.717) is 5.75 Å². The van der Waals surface area contributed by atoms with Crippen LogP contribution in [0.5, 0.6) is 0 Å². The van der Waals surface area contributed by atoms with Crippen LogP contribution in [0.4, 0.5) is 4.79 Å². The van der Waals surface area contributed by atoms with Crippen LogP contribution in [-0.2, 0) is 4.79 Å². The maximum absolute atomic E-state index is 11.6. The van der Waals surface area contributed by atoms with Gasteiger partial charge in [-0.25, -0.2) is 0 Å². The molecule has 92 valence electrons. The van der Waals surface area contributed by atoms with Gasteiger partial charge >= 0.3 is 0 Å². The maximum atomic E-state index is 11.6. The van der Waals surface area contributed by atoms with Crippen LogP contribution < -0.4 is 10.6 Å². The predicted molar refractivity (Wildman–Crippen MR) is 67.1 cm³/mol. The normalized spacial score (nSPS) is 21.0. The van der Waals surface area contributed by atoms with Crippen LogP contribution in [0.2, 0.25) is 0 Å². The number of hydrogen-bond donors (Lipinski definition) is 3. The van der Waals surface area contributed by atoms with Gasteiger partial charge in [-0.1, -0.05) is 11.8 Å². The highest BCUT2D eigenvalue weighted by Gasteiger charge is 2.28. The summed E-state index contributed by atoms with van der Waals surface area (Å²) in [5, 5.41) is 18.4. The Hall–Kier alpha value is -1.05. The van der Waals surface area contributed by atoms with Gasteiger partial charge in [-0.2, -0.15) is 11.3 Å². The Morgan fingerprint density at radius 2 is 2.53 bits per heavy atom. The Kier molecular flexibility index (Phi) is 4.03. The van der Waals surface area contributed by atoms with Gasteiger partial charge in [0.05, 0.1) is 6.10 Å². The third-order valence-electron chi connectivity index (χ3n) is 2.39. The summed E-state index contributed by atoms with van der Waals surface area (Å²) in [6, 6.07) is 1.33. The number of carbonyl (C=O) groups is 2. The smallest absolute Gasteiger partial charge is 0.279 e. The van der Waals surface area contributed by atoms with E-state index in [1.807, 2.05) is 16.8 Å². The topological polar surface area (TPSA) is 78.4 Å². The summed E-state index contributed by atoms with van der Waals surface area (Å²) in [5.41, 5.74) is 0.792. The van der Waals surface area contributed by atoms with Crippen molar-refractivity contribution in [3.05, 3.63) is 22.4 Å². The van der Waals surface area contributed by atoms with Crippen LogP contribution in [0.25, 0.3) is 0 Å². The molecule has 5 nitrogen and oxygen atoms in total. The summed E-state index contributed by atoms with van der Waals surface area (Å²) in [7, 11) is 0. The lowest BCUT2D eigenvalue weighted by Gasteiger charge is -2.13. The average molecular weight is 272 g/mol. The van der Waals surface area contributed by atoms with Crippen molar-refractivity contribution in [1.29, 1.82) is 0 Å². The number of hydrogen-bond acceptors (Lipinski definition) is 5. The van der Waals surface area contributed by atoms with Crippen LogP contribution >= 0.6 is 23.1 Å². The summed E-state index contributed by atoms with van der Waals surface area (Å²) >= 11 is 2.59. The molecule has 1 aromatic rings. The average Bonchev–Trinajstić information content (AvgIpc) is 2.95. The summed E-state index contributed by atoms with van der Waals surface area (Å²) in [6.07, 6.45) is -0.699. The Bertz CT molecular complexity index is 408. The Labute approximate surface area is 107 Å². The number of carbonyl (C=O) groups excluding carboxylic acids is 2. The first-order chi connectivity index (χ1) is 8.16. The molecular formula is C10H12N2O3S2. The van der Waals surface area contributed by atoms with E-state index in [1.54, 1.807) is 0 Å². The van der Waals surface area contributed by atoms with Crippen molar-refractivity contribution in [3.63, 3.8) is 0 Å². The second-order valence-corrected chi connectivity index (χ2v) is 5.39. The fraction of sp³-hybridized carbons (Fsp3) is 0.400. The highest BCUT2D eigenvalue weighted by Crippen LogP contribution is 2.16. The molecule has 17 heavy (non-hydrogen) atoms. The molecule has 0 radical (unpaired) electrons. The third kappa shape index (κ3) is 3.21. The first kappa shape index (κ1) is 12.4. The monoisotopic (exact) mass is 272 g/mol. The molecule has 0 spiro atoms. The molecule has 3 N–H and O–H groups in total. The van der Waals surface area contributed by atoms with E-state index in [4.69, 9.17) is 0 Å². The molecule has 2 atom stereocenters. The minimum absolute atomic E-state index is 0.159. The SMILES string of the molecule is O=C1NC(C(=O)NCC(O)c2ccsc2)CS1. The van der Waals surface area contributed by atoms with E-state index in [1.165, 1.54) is 11.3 Å². The number of amides is 2. The molecule has 7 heteroatoms. The molecule has 0 saturated carbocycles. The fourth-order valence-corrected chi connectivity index (χ4v) is 2.91. The largest absolute Gasteiger partial charge is 0.387 e. The lowest BCUT2D eigenvalue weighted by molar-refractivity contribution is -0.122. The van der Waals surface area contributed by atoms with Crippen molar-refractivity contribution in [2.75, 3.05) is 12.3 Å². The number of aliphatic hydroxyl groups is 1. The second-order valence-electron chi connectivity index (χ2n) is 3.61. The maximum Gasteiger partial charge on any atom is 0.279 e. The van der Waals surface area contributed by atoms with Gasteiger partial charge in [0.15, 0.2) is 0 Å².